The highest BCUT2D eigenvalue weighted by Crippen LogP contribution is 2.29. The van der Waals surface area contributed by atoms with Gasteiger partial charge in [-0.15, -0.1) is 11.3 Å². The monoisotopic (exact) mass is 432 g/mol. The molecule has 3 rings (SSSR count). The van der Waals surface area contributed by atoms with E-state index in [1.807, 2.05) is 11.8 Å². The molecule has 1 aliphatic rings. The normalized spacial score (nSPS) is 14.8. The molecule has 0 aliphatic carbocycles. The van der Waals surface area contributed by atoms with E-state index in [0.29, 0.717) is 15.7 Å². The van der Waals surface area contributed by atoms with Crippen molar-refractivity contribution >= 4 is 40.0 Å². The summed E-state index contributed by atoms with van der Waals surface area (Å²) in [4.78, 5) is 37.6. The van der Waals surface area contributed by atoms with E-state index < -0.39 is 0 Å². The molecular formula is C21H28N4O2S2. The zero-order valence-electron chi connectivity index (χ0n) is 17.2. The molecule has 1 fully saturated rings. The molecule has 29 heavy (non-hydrogen) atoms. The summed E-state index contributed by atoms with van der Waals surface area (Å²) in [6, 6.07) is 3.49. The van der Waals surface area contributed by atoms with Crippen LogP contribution in [0.2, 0.25) is 0 Å². The van der Waals surface area contributed by atoms with Crippen molar-refractivity contribution in [2.24, 2.45) is 0 Å². The van der Waals surface area contributed by atoms with E-state index in [9.17, 15) is 9.59 Å². The van der Waals surface area contributed by atoms with Crippen LogP contribution in [0.3, 0.4) is 0 Å². The Morgan fingerprint density at radius 3 is 2.76 bits per heavy atom. The molecule has 1 aliphatic heterocycles. The lowest BCUT2D eigenvalue weighted by Gasteiger charge is -2.20. The number of pyridine rings is 1. The fourth-order valence-electron chi connectivity index (χ4n) is 3.38. The van der Waals surface area contributed by atoms with Gasteiger partial charge in [-0.2, -0.15) is 0 Å². The molecule has 8 heteroatoms. The summed E-state index contributed by atoms with van der Waals surface area (Å²) < 4.78 is 0. The van der Waals surface area contributed by atoms with Gasteiger partial charge in [-0.1, -0.05) is 32.0 Å². The average Bonchev–Trinajstić information content (AvgIpc) is 3.38. The first-order valence-electron chi connectivity index (χ1n) is 10.2. The van der Waals surface area contributed by atoms with Crippen molar-refractivity contribution in [3.63, 3.8) is 0 Å². The summed E-state index contributed by atoms with van der Waals surface area (Å²) in [5, 5.41) is 3.85. The maximum atomic E-state index is 12.9. The third kappa shape index (κ3) is 5.36. The molecule has 0 bridgehead atoms. The largest absolute Gasteiger partial charge is 0.342 e. The molecular weight excluding hydrogens is 404 g/mol. The van der Waals surface area contributed by atoms with Gasteiger partial charge in [0, 0.05) is 24.2 Å². The molecule has 1 unspecified atom stereocenters. The van der Waals surface area contributed by atoms with Crippen molar-refractivity contribution in [3.8, 4) is 0 Å². The molecule has 0 radical (unpaired) electrons. The van der Waals surface area contributed by atoms with Gasteiger partial charge in [0.05, 0.1) is 16.5 Å². The molecule has 1 atom stereocenters. The summed E-state index contributed by atoms with van der Waals surface area (Å²) in [5.74, 6) is -0.123. The molecule has 0 spiro atoms. The Balaban J connectivity index is 1.72. The highest BCUT2D eigenvalue weighted by molar-refractivity contribution is 8.00. The number of amides is 2. The molecule has 2 aromatic rings. The maximum Gasteiger partial charge on any atom is 0.260 e. The van der Waals surface area contributed by atoms with Crippen LogP contribution in [-0.2, 0) is 17.6 Å². The number of rotatable bonds is 8. The summed E-state index contributed by atoms with van der Waals surface area (Å²) in [6.45, 7) is 7.76. The minimum absolute atomic E-state index is 0.112. The third-order valence-corrected chi connectivity index (χ3v) is 7.14. The van der Waals surface area contributed by atoms with E-state index in [-0.39, 0.29) is 17.1 Å². The first-order chi connectivity index (χ1) is 14.0. The molecule has 3 heterocycles. The average molecular weight is 433 g/mol. The second kappa shape index (κ2) is 10.2. The topological polar surface area (TPSA) is 75.2 Å². The lowest BCUT2D eigenvalue weighted by molar-refractivity contribution is -0.129. The van der Waals surface area contributed by atoms with Crippen LogP contribution in [0.1, 0.15) is 61.0 Å². The lowest BCUT2D eigenvalue weighted by atomic mass is 10.2. The first-order valence-corrected chi connectivity index (χ1v) is 11.9. The Kier molecular flexibility index (Phi) is 7.66. The summed E-state index contributed by atoms with van der Waals surface area (Å²) in [6.07, 6.45) is 6.63. The van der Waals surface area contributed by atoms with E-state index in [1.165, 1.54) is 28.0 Å². The van der Waals surface area contributed by atoms with Gasteiger partial charge in [0.2, 0.25) is 5.91 Å². The smallest absolute Gasteiger partial charge is 0.260 e. The quantitative estimate of drug-likeness (QED) is 0.626. The predicted octanol–water partition coefficient (Wildman–Crippen LogP) is 4.41. The number of hydrogen-bond acceptors (Lipinski definition) is 6. The SMILES string of the molecule is CCCc1nc(NC(=O)c2cccnc2SC(C)C(=O)N2CCCC2)sc1CC. The molecule has 1 N–H and O–H groups in total. The van der Waals surface area contributed by atoms with Gasteiger partial charge < -0.3 is 4.90 Å². The third-order valence-electron chi connectivity index (χ3n) is 4.88. The Bertz CT molecular complexity index is 862. The van der Waals surface area contributed by atoms with E-state index in [1.54, 1.807) is 18.3 Å². The number of thiazole rings is 1. The molecule has 1 saturated heterocycles. The fraction of sp³-hybridized carbons (Fsp3) is 0.524. The number of nitrogens with one attached hydrogen (secondary N) is 1. The Hall–Kier alpha value is -1.93. The molecule has 2 amide bonds. The van der Waals surface area contributed by atoms with Crippen molar-refractivity contribution in [1.29, 1.82) is 0 Å². The van der Waals surface area contributed by atoms with Gasteiger partial charge in [0.1, 0.15) is 5.03 Å². The zero-order valence-corrected chi connectivity index (χ0v) is 18.9. The molecule has 0 aromatic carbocycles. The maximum absolute atomic E-state index is 12.9. The van der Waals surface area contributed by atoms with Crippen molar-refractivity contribution in [1.82, 2.24) is 14.9 Å². The summed E-state index contributed by atoms with van der Waals surface area (Å²) in [7, 11) is 0. The van der Waals surface area contributed by atoms with Crippen molar-refractivity contribution in [2.75, 3.05) is 18.4 Å². The number of hydrogen-bond donors (Lipinski definition) is 1. The van der Waals surface area contributed by atoms with Gasteiger partial charge in [0.15, 0.2) is 5.13 Å². The first kappa shape index (κ1) is 21.8. The van der Waals surface area contributed by atoms with E-state index in [0.717, 1.165) is 50.9 Å². The van der Waals surface area contributed by atoms with Gasteiger partial charge in [-0.3, -0.25) is 14.9 Å². The van der Waals surface area contributed by atoms with Gasteiger partial charge in [-0.05, 0) is 44.7 Å². The van der Waals surface area contributed by atoms with Crippen molar-refractivity contribution in [2.45, 2.75) is 63.2 Å². The van der Waals surface area contributed by atoms with Gasteiger partial charge in [-0.25, -0.2) is 9.97 Å². The number of anilines is 1. The van der Waals surface area contributed by atoms with Crippen molar-refractivity contribution < 1.29 is 9.59 Å². The second-order valence-corrected chi connectivity index (χ2v) is 9.51. The predicted molar refractivity (Wildman–Crippen MR) is 119 cm³/mol. The number of carbonyl (C=O) groups excluding carboxylic acids is 2. The summed E-state index contributed by atoms with van der Waals surface area (Å²) in [5.41, 5.74) is 1.55. The minimum Gasteiger partial charge on any atom is -0.342 e. The highest BCUT2D eigenvalue weighted by Gasteiger charge is 2.26. The molecule has 6 nitrogen and oxygen atoms in total. The zero-order chi connectivity index (χ0) is 20.8. The van der Waals surface area contributed by atoms with Gasteiger partial charge in [0.25, 0.3) is 5.91 Å². The Morgan fingerprint density at radius 2 is 2.07 bits per heavy atom. The lowest BCUT2D eigenvalue weighted by Crippen LogP contribution is -2.34. The standard InChI is InChI=1S/C21H28N4O2S2/c1-4-9-16-17(5-2)29-21(23-16)24-18(26)15-10-8-11-22-19(15)28-14(3)20(27)25-12-6-7-13-25/h8,10-11,14H,4-7,9,12-13H2,1-3H3,(H,23,24,26). The number of nitrogens with zero attached hydrogens (tertiary/aromatic N) is 3. The van der Waals surface area contributed by atoms with Crippen LogP contribution in [0.25, 0.3) is 0 Å². The number of carbonyl (C=O) groups is 2. The van der Waals surface area contributed by atoms with Crippen LogP contribution in [0.15, 0.2) is 23.4 Å². The van der Waals surface area contributed by atoms with Crippen LogP contribution < -0.4 is 5.32 Å². The summed E-state index contributed by atoms with van der Waals surface area (Å²) >= 11 is 2.88. The molecule has 156 valence electrons. The fourth-order valence-corrected chi connectivity index (χ4v) is 5.32. The number of thioether (sulfide) groups is 1. The van der Waals surface area contributed by atoms with Crippen LogP contribution >= 0.6 is 23.1 Å². The Labute approximate surface area is 180 Å². The van der Waals surface area contributed by atoms with E-state index in [2.05, 4.69) is 29.1 Å². The Morgan fingerprint density at radius 1 is 1.31 bits per heavy atom. The van der Waals surface area contributed by atoms with Crippen LogP contribution in [0.5, 0.6) is 0 Å². The number of aromatic nitrogens is 2. The number of likely N-dealkylation sites (tertiary alicyclic amines) is 1. The van der Waals surface area contributed by atoms with E-state index in [4.69, 9.17) is 0 Å². The van der Waals surface area contributed by atoms with Crippen LogP contribution in [0.4, 0.5) is 5.13 Å². The van der Waals surface area contributed by atoms with Crippen LogP contribution in [-0.4, -0.2) is 45.0 Å². The molecule has 2 aromatic heterocycles. The van der Waals surface area contributed by atoms with Crippen molar-refractivity contribution in [3.05, 3.63) is 34.5 Å². The van der Waals surface area contributed by atoms with Gasteiger partial charge >= 0.3 is 0 Å². The number of aryl methyl sites for hydroxylation is 2. The highest BCUT2D eigenvalue weighted by atomic mass is 32.2. The van der Waals surface area contributed by atoms with E-state index >= 15 is 0 Å². The minimum atomic E-state index is -0.280. The van der Waals surface area contributed by atoms with Crippen LogP contribution in [0, 0.1) is 0 Å². The second-order valence-electron chi connectivity index (χ2n) is 7.10. The molecule has 0 saturated carbocycles.